The molecular weight excluding hydrogens is 301 g/mol. The van der Waals surface area contributed by atoms with E-state index >= 15 is 0 Å². The van der Waals surface area contributed by atoms with Crippen LogP contribution in [0.1, 0.15) is 64.7 Å². The van der Waals surface area contributed by atoms with Crippen LogP contribution in [0, 0.1) is 5.92 Å². The van der Waals surface area contributed by atoms with Crippen molar-refractivity contribution < 1.29 is 19.4 Å². The van der Waals surface area contributed by atoms with Gasteiger partial charge in [0.05, 0.1) is 11.9 Å². The second kappa shape index (κ2) is 9.49. The largest absolute Gasteiger partial charge is 0.478 e. The first-order valence-corrected chi connectivity index (χ1v) is 10.3. The molecule has 6 heteroatoms. The molecule has 0 aromatic carbocycles. The van der Waals surface area contributed by atoms with Crippen molar-refractivity contribution >= 4 is 13.3 Å². The smallest absolute Gasteiger partial charge is 0.331 e. The number of carboxylic acids is 1. The van der Waals surface area contributed by atoms with Crippen molar-refractivity contribution in [2.24, 2.45) is 11.7 Å². The van der Waals surface area contributed by atoms with Crippen LogP contribution in [0.3, 0.4) is 0 Å². The van der Waals surface area contributed by atoms with Crippen LogP contribution in [-0.2, 0) is 9.36 Å². The molecule has 2 atom stereocenters. The van der Waals surface area contributed by atoms with Crippen LogP contribution in [0.5, 0.6) is 0 Å². The summed E-state index contributed by atoms with van der Waals surface area (Å²) in [7, 11) is -3.67. The molecule has 1 aliphatic rings. The average Bonchev–Trinajstić information content (AvgIpc) is 2.96. The van der Waals surface area contributed by atoms with Gasteiger partial charge in [0.1, 0.15) is 0 Å². The van der Waals surface area contributed by atoms with Gasteiger partial charge in [0.15, 0.2) is 0 Å². The summed E-state index contributed by atoms with van der Waals surface area (Å²) in [4.78, 5) is 21.4. The number of nitrogens with two attached hydrogens (primary N) is 1. The van der Waals surface area contributed by atoms with E-state index in [1.165, 1.54) is 12.8 Å². The van der Waals surface area contributed by atoms with Crippen LogP contribution in [0.25, 0.3) is 0 Å². The number of carboxylic acid groups (broad SMARTS) is 1. The molecule has 1 rings (SSSR count). The summed E-state index contributed by atoms with van der Waals surface area (Å²) >= 11 is 0. The van der Waals surface area contributed by atoms with E-state index in [4.69, 9.17) is 5.73 Å². The maximum atomic E-state index is 12.3. The van der Waals surface area contributed by atoms with E-state index in [9.17, 15) is 19.4 Å². The van der Waals surface area contributed by atoms with E-state index in [0.29, 0.717) is 18.8 Å². The van der Waals surface area contributed by atoms with Crippen molar-refractivity contribution in [3.05, 3.63) is 11.6 Å². The zero-order valence-corrected chi connectivity index (χ0v) is 14.4. The summed E-state index contributed by atoms with van der Waals surface area (Å²) in [5.41, 5.74) is 5.87. The fourth-order valence-electron chi connectivity index (χ4n) is 2.94. The summed E-state index contributed by atoms with van der Waals surface area (Å²) in [5, 5.41) is 9.27. The van der Waals surface area contributed by atoms with Crippen LogP contribution in [0.2, 0.25) is 0 Å². The lowest BCUT2D eigenvalue weighted by atomic mass is 10.0. The van der Waals surface area contributed by atoms with Crippen molar-refractivity contribution in [1.29, 1.82) is 0 Å². The van der Waals surface area contributed by atoms with E-state index in [-0.39, 0.29) is 11.7 Å². The monoisotopic (exact) mass is 331 g/mol. The lowest BCUT2D eigenvalue weighted by molar-refractivity contribution is -0.132. The molecule has 1 fully saturated rings. The highest BCUT2D eigenvalue weighted by atomic mass is 31.2. The molecule has 0 heterocycles. The zero-order chi connectivity index (χ0) is 16.6. The molecule has 22 heavy (non-hydrogen) atoms. The molecule has 0 bridgehead atoms. The highest BCUT2D eigenvalue weighted by Gasteiger charge is 2.30. The number of hydrogen-bond acceptors (Lipinski definition) is 3. The first-order chi connectivity index (χ1) is 10.4. The minimum Gasteiger partial charge on any atom is -0.478 e. The van der Waals surface area contributed by atoms with Crippen molar-refractivity contribution in [2.45, 2.75) is 70.5 Å². The zero-order valence-electron chi connectivity index (χ0n) is 13.5. The van der Waals surface area contributed by atoms with E-state index in [2.05, 4.69) is 6.92 Å². The third-order valence-corrected chi connectivity index (χ3v) is 6.55. The number of allylic oxidation sites excluding steroid dienone is 1. The molecular formula is C16H30NO4P. The van der Waals surface area contributed by atoms with Crippen molar-refractivity contribution in [1.82, 2.24) is 0 Å². The van der Waals surface area contributed by atoms with Gasteiger partial charge >= 0.3 is 5.97 Å². The Morgan fingerprint density at radius 2 is 2.00 bits per heavy atom. The van der Waals surface area contributed by atoms with Crippen LogP contribution >= 0.6 is 7.37 Å². The maximum Gasteiger partial charge on any atom is 0.331 e. The molecule has 0 radical (unpaired) electrons. The second-order valence-electron chi connectivity index (χ2n) is 6.40. The van der Waals surface area contributed by atoms with E-state index in [0.717, 1.165) is 32.1 Å². The topological polar surface area (TPSA) is 101 Å². The van der Waals surface area contributed by atoms with Crippen molar-refractivity contribution in [2.75, 3.05) is 6.16 Å². The molecule has 4 N–H and O–H groups in total. The third-order valence-electron chi connectivity index (χ3n) is 4.47. The predicted molar refractivity (Wildman–Crippen MR) is 89.1 cm³/mol. The van der Waals surface area contributed by atoms with Gasteiger partial charge < -0.3 is 15.7 Å². The van der Waals surface area contributed by atoms with Gasteiger partial charge in [-0.15, -0.1) is 0 Å². The van der Waals surface area contributed by atoms with E-state index in [1.54, 1.807) is 6.08 Å². The second-order valence-corrected chi connectivity index (χ2v) is 8.89. The molecule has 0 saturated heterocycles. The Labute approximate surface area is 133 Å². The molecule has 1 saturated carbocycles. The predicted octanol–water partition coefficient (Wildman–Crippen LogP) is 3.71. The van der Waals surface area contributed by atoms with Crippen LogP contribution < -0.4 is 5.73 Å². The third kappa shape index (κ3) is 6.64. The van der Waals surface area contributed by atoms with Gasteiger partial charge in [-0.25, -0.2) is 4.79 Å². The SMILES string of the molecule is CCCCCC(N)P(=O)(O)CC(=CCC1CCCC1)C(=O)O. The van der Waals surface area contributed by atoms with E-state index < -0.39 is 19.1 Å². The van der Waals surface area contributed by atoms with E-state index in [1.807, 2.05) is 0 Å². The Morgan fingerprint density at radius 1 is 1.36 bits per heavy atom. The number of aliphatic carboxylic acids is 1. The summed E-state index contributed by atoms with van der Waals surface area (Å²) in [5.74, 6) is -1.41. The van der Waals surface area contributed by atoms with Crippen LogP contribution in [0.4, 0.5) is 0 Å². The number of carbonyl (C=O) groups is 1. The van der Waals surface area contributed by atoms with Gasteiger partial charge in [-0.3, -0.25) is 4.57 Å². The Morgan fingerprint density at radius 3 is 2.55 bits per heavy atom. The van der Waals surface area contributed by atoms with Gasteiger partial charge in [0, 0.05) is 5.57 Å². The quantitative estimate of drug-likeness (QED) is 0.322. The minimum absolute atomic E-state index is 0.0451. The standard InChI is InChI=1S/C16H30NO4P/c1-2-3-4-9-15(17)22(20,21)12-14(16(18)19)11-10-13-7-5-6-8-13/h11,13,15H,2-10,12,17H2,1H3,(H,18,19)(H,20,21). The minimum atomic E-state index is -3.67. The van der Waals surface area contributed by atoms with Gasteiger partial charge in [-0.2, -0.15) is 0 Å². The summed E-state index contributed by atoms with van der Waals surface area (Å²) in [6.45, 7) is 2.05. The summed E-state index contributed by atoms with van der Waals surface area (Å²) in [6.07, 6.45) is 9.90. The lowest BCUT2D eigenvalue weighted by Crippen LogP contribution is -2.23. The molecule has 0 aromatic heterocycles. The van der Waals surface area contributed by atoms with Gasteiger partial charge in [0.2, 0.25) is 7.37 Å². The highest BCUT2D eigenvalue weighted by Crippen LogP contribution is 2.47. The lowest BCUT2D eigenvalue weighted by Gasteiger charge is -2.19. The first-order valence-electron chi connectivity index (χ1n) is 8.36. The maximum absolute atomic E-state index is 12.3. The normalized spacial score (nSPS) is 20.8. The summed E-state index contributed by atoms with van der Waals surface area (Å²) < 4.78 is 12.3. The Bertz CT molecular complexity index is 430. The van der Waals surface area contributed by atoms with Crippen molar-refractivity contribution in [3.8, 4) is 0 Å². The van der Waals surface area contributed by atoms with Gasteiger partial charge in [-0.1, -0.05) is 57.9 Å². The number of rotatable bonds is 10. The molecule has 0 spiro atoms. The van der Waals surface area contributed by atoms with Crippen LogP contribution in [0.15, 0.2) is 11.6 Å². The van der Waals surface area contributed by atoms with Gasteiger partial charge in [-0.05, 0) is 18.8 Å². The Kier molecular flexibility index (Phi) is 8.37. The average molecular weight is 331 g/mol. The first kappa shape index (κ1) is 19.4. The number of unbranched alkanes of at least 4 members (excludes halogenated alkanes) is 2. The Balaban J connectivity index is 2.61. The Hall–Kier alpha value is -0.640. The number of hydrogen-bond donors (Lipinski definition) is 3. The highest BCUT2D eigenvalue weighted by molar-refractivity contribution is 7.59. The fourth-order valence-corrected chi connectivity index (χ4v) is 4.51. The molecule has 0 aliphatic heterocycles. The molecule has 5 nitrogen and oxygen atoms in total. The molecule has 1 aliphatic carbocycles. The molecule has 0 amide bonds. The van der Waals surface area contributed by atoms with Crippen LogP contribution in [-0.4, -0.2) is 27.9 Å². The molecule has 128 valence electrons. The molecule has 2 unspecified atom stereocenters. The summed E-state index contributed by atoms with van der Waals surface area (Å²) in [6, 6.07) is 0. The van der Waals surface area contributed by atoms with Crippen molar-refractivity contribution in [3.63, 3.8) is 0 Å². The van der Waals surface area contributed by atoms with Gasteiger partial charge in [0.25, 0.3) is 0 Å². The fraction of sp³-hybridized carbons (Fsp3) is 0.812. The molecule has 0 aromatic rings.